The van der Waals surface area contributed by atoms with Crippen molar-refractivity contribution < 1.29 is 29.6 Å². The lowest BCUT2D eigenvalue weighted by Crippen LogP contribution is -2.30. The molecule has 5 atom stereocenters. The molecule has 0 spiro atoms. The van der Waals surface area contributed by atoms with E-state index >= 15 is 0 Å². The molecule has 134 valence electrons. The molecule has 2 rings (SSSR count). The first kappa shape index (κ1) is 18.7. The Labute approximate surface area is 141 Å². The van der Waals surface area contributed by atoms with Crippen LogP contribution in [0.25, 0.3) is 0 Å². The molecule has 1 aliphatic carbocycles. The summed E-state index contributed by atoms with van der Waals surface area (Å²) >= 11 is 0. The standard InChI is InChI=1S/C18H26O6/c1-18(2,10-11-4-3-7-24-11)16(21)6-5-12-13(8-17(22)23)15(20)9-14(12)19/h3-7,12-16,19-21H,8-10H2,1-2H3,(H,22,23). The fraction of sp³-hybridized carbons (Fsp3) is 0.611. The number of carbonyl (C=O) groups is 1. The molecule has 6 heteroatoms. The molecular weight excluding hydrogens is 312 g/mol. The van der Waals surface area contributed by atoms with E-state index in [2.05, 4.69) is 0 Å². The van der Waals surface area contributed by atoms with E-state index < -0.39 is 41.5 Å². The monoisotopic (exact) mass is 338 g/mol. The molecule has 1 fully saturated rings. The topological polar surface area (TPSA) is 111 Å². The Morgan fingerprint density at radius 3 is 2.71 bits per heavy atom. The predicted octanol–water partition coefficient (Wildman–Crippen LogP) is 1.60. The Hall–Kier alpha value is -1.63. The maximum absolute atomic E-state index is 11.0. The Kier molecular flexibility index (Phi) is 5.85. The van der Waals surface area contributed by atoms with Crippen molar-refractivity contribution in [3.05, 3.63) is 36.3 Å². The van der Waals surface area contributed by atoms with Crippen molar-refractivity contribution in [2.75, 3.05) is 0 Å². The summed E-state index contributed by atoms with van der Waals surface area (Å²) in [5.41, 5.74) is -0.487. The zero-order valence-corrected chi connectivity index (χ0v) is 14.0. The second kappa shape index (κ2) is 7.51. The SMILES string of the molecule is CC(C)(Cc1ccco1)C(O)C=CC1C(O)CC(O)C1CC(=O)O. The summed E-state index contributed by atoms with van der Waals surface area (Å²) in [7, 11) is 0. The van der Waals surface area contributed by atoms with Crippen LogP contribution in [0.15, 0.2) is 35.0 Å². The van der Waals surface area contributed by atoms with E-state index in [1.54, 1.807) is 24.5 Å². The Morgan fingerprint density at radius 1 is 1.42 bits per heavy atom. The predicted molar refractivity (Wildman–Crippen MR) is 87.2 cm³/mol. The van der Waals surface area contributed by atoms with Crippen LogP contribution < -0.4 is 0 Å². The van der Waals surface area contributed by atoms with Crippen LogP contribution >= 0.6 is 0 Å². The van der Waals surface area contributed by atoms with Crippen molar-refractivity contribution in [2.24, 2.45) is 17.3 Å². The van der Waals surface area contributed by atoms with Crippen LogP contribution in [0.2, 0.25) is 0 Å². The molecule has 6 nitrogen and oxygen atoms in total. The molecule has 0 aliphatic heterocycles. The van der Waals surface area contributed by atoms with E-state index in [0.717, 1.165) is 5.76 Å². The number of hydrogen-bond acceptors (Lipinski definition) is 5. The largest absolute Gasteiger partial charge is 0.481 e. The van der Waals surface area contributed by atoms with Crippen molar-refractivity contribution in [2.45, 2.75) is 51.4 Å². The third-order valence-electron chi connectivity index (χ3n) is 4.85. The molecule has 0 aromatic carbocycles. The van der Waals surface area contributed by atoms with Crippen LogP contribution in [0.5, 0.6) is 0 Å². The third kappa shape index (κ3) is 4.47. The molecule has 0 radical (unpaired) electrons. The van der Waals surface area contributed by atoms with Crippen molar-refractivity contribution >= 4 is 5.97 Å². The average Bonchev–Trinajstić information content (AvgIpc) is 3.05. The van der Waals surface area contributed by atoms with Gasteiger partial charge in [-0.1, -0.05) is 26.0 Å². The van der Waals surface area contributed by atoms with E-state index in [9.17, 15) is 20.1 Å². The number of carboxylic acid groups (broad SMARTS) is 1. The number of aliphatic hydroxyl groups is 3. The number of aliphatic hydroxyl groups excluding tert-OH is 3. The number of aliphatic carboxylic acids is 1. The van der Waals surface area contributed by atoms with Crippen LogP contribution in [0.4, 0.5) is 0 Å². The lowest BCUT2D eigenvalue weighted by molar-refractivity contribution is -0.139. The van der Waals surface area contributed by atoms with Gasteiger partial charge in [-0.05, 0) is 12.1 Å². The molecule has 5 unspecified atom stereocenters. The summed E-state index contributed by atoms with van der Waals surface area (Å²) < 4.78 is 5.32. The molecular formula is C18H26O6. The van der Waals surface area contributed by atoms with Gasteiger partial charge in [-0.3, -0.25) is 4.79 Å². The van der Waals surface area contributed by atoms with Crippen molar-refractivity contribution in [1.82, 2.24) is 0 Å². The average molecular weight is 338 g/mol. The summed E-state index contributed by atoms with van der Waals surface area (Å²) in [4.78, 5) is 11.0. The van der Waals surface area contributed by atoms with Crippen LogP contribution in [-0.2, 0) is 11.2 Å². The molecule has 24 heavy (non-hydrogen) atoms. The van der Waals surface area contributed by atoms with Gasteiger partial charge < -0.3 is 24.8 Å². The van der Waals surface area contributed by atoms with Crippen molar-refractivity contribution in [3.63, 3.8) is 0 Å². The Bertz CT molecular complexity index is 562. The van der Waals surface area contributed by atoms with Gasteiger partial charge in [0, 0.05) is 30.1 Å². The third-order valence-corrected chi connectivity index (χ3v) is 4.85. The maximum Gasteiger partial charge on any atom is 0.303 e. The van der Waals surface area contributed by atoms with Gasteiger partial charge in [0.15, 0.2) is 0 Å². The Morgan fingerprint density at radius 2 is 2.12 bits per heavy atom. The van der Waals surface area contributed by atoms with Gasteiger partial charge in [0.2, 0.25) is 0 Å². The quantitative estimate of drug-likeness (QED) is 0.562. The first-order chi connectivity index (χ1) is 11.2. The number of carboxylic acids is 1. The fourth-order valence-electron chi connectivity index (χ4n) is 3.33. The summed E-state index contributed by atoms with van der Waals surface area (Å²) in [6.07, 6.45) is 2.85. The molecule has 1 saturated carbocycles. The highest BCUT2D eigenvalue weighted by atomic mass is 16.4. The van der Waals surface area contributed by atoms with E-state index in [1.807, 2.05) is 19.9 Å². The first-order valence-corrected chi connectivity index (χ1v) is 8.17. The highest BCUT2D eigenvalue weighted by molar-refractivity contribution is 5.67. The van der Waals surface area contributed by atoms with Gasteiger partial charge in [0.05, 0.1) is 31.0 Å². The lowest BCUT2D eigenvalue weighted by atomic mass is 9.81. The van der Waals surface area contributed by atoms with Gasteiger partial charge in [0.25, 0.3) is 0 Å². The van der Waals surface area contributed by atoms with Gasteiger partial charge in [0.1, 0.15) is 5.76 Å². The van der Waals surface area contributed by atoms with Crippen LogP contribution in [0.1, 0.15) is 32.4 Å². The highest BCUT2D eigenvalue weighted by Gasteiger charge is 2.41. The van der Waals surface area contributed by atoms with Crippen molar-refractivity contribution in [1.29, 1.82) is 0 Å². The van der Waals surface area contributed by atoms with Crippen LogP contribution in [-0.4, -0.2) is 44.7 Å². The van der Waals surface area contributed by atoms with E-state index in [4.69, 9.17) is 9.52 Å². The van der Waals surface area contributed by atoms with Gasteiger partial charge in [-0.15, -0.1) is 0 Å². The molecule has 1 heterocycles. The van der Waals surface area contributed by atoms with E-state index in [-0.39, 0.29) is 12.8 Å². The van der Waals surface area contributed by atoms with E-state index in [1.165, 1.54) is 0 Å². The molecule has 1 aromatic rings. The first-order valence-electron chi connectivity index (χ1n) is 8.17. The minimum absolute atomic E-state index is 0.152. The van der Waals surface area contributed by atoms with Crippen molar-refractivity contribution in [3.8, 4) is 0 Å². The summed E-state index contributed by atoms with van der Waals surface area (Å²) in [5.74, 6) is -1.27. The number of furan rings is 1. The highest BCUT2D eigenvalue weighted by Crippen LogP contribution is 2.37. The minimum atomic E-state index is -1.01. The lowest BCUT2D eigenvalue weighted by Gasteiger charge is -2.28. The molecule has 1 aliphatic rings. The smallest absolute Gasteiger partial charge is 0.303 e. The summed E-state index contributed by atoms with van der Waals surface area (Å²) in [6, 6.07) is 3.64. The summed E-state index contributed by atoms with van der Waals surface area (Å²) in [6.45, 7) is 3.80. The molecule has 0 bridgehead atoms. The number of rotatable bonds is 7. The molecule has 1 aromatic heterocycles. The molecule has 4 N–H and O–H groups in total. The van der Waals surface area contributed by atoms with E-state index in [0.29, 0.717) is 6.42 Å². The zero-order chi connectivity index (χ0) is 17.9. The van der Waals surface area contributed by atoms with Crippen LogP contribution in [0.3, 0.4) is 0 Å². The second-order valence-corrected chi connectivity index (χ2v) is 7.28. The Balaban J connectivity index is 2.05. The van der Waals surface area contributed by atoms with Gasteiger partial charge in [-0.2, -0.15) is 0 Å². The second-order valence-electron chi connectivity index (χ2n) is 7.28. The van der Waals surface area contributed by atoms with Crippen LogP contribution in [0, 0.1) is 17.3 Å². The summed E-state index contributed by atoms with van der Waals surface area (Å²) in [5, 5.41) is 39.4. The van der Waals surface area contributed by atoms with Gasteiger partial charge >= 0.3 is 5.97 Å². The molecule has 0 saturated heterocycles. The minimum Gasteiger partial charge on any atom is -0.481 e. The number of hydrogen-bond donors (Lipinski definition) is 4. The fourth-order valence-corrected chi connectivity index (χ4v) is 3.33. The normalized spacial score (nSPS) is 29.2. The van der Waals surface area contributed by atoms with Gasteiger partial charge in [-0.25, -0.2) is 0 Å². The zero-order valence-electron chi connectivity index (χ0n) is 14.0. The maximum atomic E-state index is 11.0. The molecule has 0 amide bonds.